The van der Waals surface area contributed by atoms with Crippen LogP contribution in [-0.4, -0.2) is 5.11 Å². The second-order valence-corrected chi connectivity index (χ2v) is 4.48. The zero-order valence-corrected chi connectivity index (χ0v) is 8.96. The fourth-order valence-corrected chi connectivity index (χ4v) is 2.20. The predicted octanol–water partition coefficient (Wildman–Crippen LogP) is 3.00. The fourth-order valence-electron chi connectivity index (χ4n) is 2.20. The van der Waals surface area contributed by atoms with Gasteiger partial charge in [0.25, 0.3) is 0 Å². The van der Waals surface area contributed by atoms with Crippen LogP contribution in [0.3, 0.4) is 0 Å². The molecule has 0 heterocycles. The maximum atomic E-state index is 10.3. The van der Waals surface area contributed by atoms with Crippen LogP contribution in [-0.2, 0) is 5.60 Å². The number of aliphatic hydroxyl groups is 1. The van der Waals surface area contributed by atoms with Crippen molar-refractivity contribution in [3.05, 3.63) is 35.4 Å². The summed E-state index contributed by atoms with van der Waals surface area (Å²) in [6, 6.07) is 8.28. The van der Waals surface area contributed by atoms with E-state index in [4.69, 9.17) is 0 Å². The first-order valence-electron chi connectivity index (χ1n) is 5.46. The van der Waals surface area contributed by atoms with Crippen LogP contribution in [0.2, 0.25) is 0 Å². The minimum absolute atomic E-state index is 0.496. The Labute approximate surface area is 85.8 Å². The summed E-state index contributed by atoms with van der Waals surface area (Å²) in [5.74, 6) is 0.496. The standard InChI is InChI=1S/C13H18O/c1-3-4-12-9-13(12,14)11-7-5-10(2)6-8-11/h5-8,12,14H,3-4,9H2,1-2H3. The molecule has 1 aromatic carbocycles. The van der Waals surface area contributed by atoms with Gasteiger partial charge in [0.1, 0.15) is 0 Å². The number of rotatable bonds is 3. The monoisotopic (exact) mass is 190 g/mol. The summed E-state index contributed by atoms with van der Waals surface area (Å²) in [7, 11) is 0. The average Bonchev–Trinajstić information content (AvgIpc) is 2.80. The van der Waals surface area contributed by atoms with E-state index in [1.54, 1.807) is 0 Å². The topological polar surface area (TPSA) is 20.2 Å². The molecule has 0 aromatic heterocycles. The van der Waals surface area contributed by atoms with Crippen LogP contribution in [0.5, 0.6) is 0 Å². The van der Waals surface area contributed by atoms with Gasteiger partial charge in [0.2, 0.25) is 0 Å². The van der Waals surface area contributed by atoms with Crippen molar-refractivity contribution in [3.8, 4) is 0 Å². The van der Waals surface area contributed by atoms with Crippen molar-refractivity contribution < 1.29 is 5.11 Å². The quantitative estimate of drug-likeness (QED) is 0.776. The van der Waals surface area contributed by atoms with Gasteiger partial charge in [0, 0.05) is 0 Å². The van der Waals surface area contributed by atoms with Crippen molar-refractivity contribution in [2.75, 3.05) is 0 Å². The summed E-state index contributed by atoms with van der Waals surface area (Å²) < 4.78 is 0. The number of hydrogen-bond acceptors (Lipinski definition) is 1. The van der Waals surface area contributed by atoms with Crippen molar-refractivity contribution in [1.82, 2.24) is 0 Å². The molecular formula is C13H18O. The lowest BCUT2D eigenvalue weighted by molar-refractivity contribution is 0.129. The SMILES string of the molecule is CCCC1CC1(O)c1ccc(C)cc1. The van der Waals surface area contributed by atoms with Crippen molar-refractivity contribution in [2.45, 2.75) is 38.7 Å². The molecule has 1 nitrogen and oxygen atoms in total. The molecule has 76 valence electrons. The molecule has 1 N–H and O–H groups in total. The summed E-state index contributed by atoms with van der Waals surface area (Å²) in [6.07, 6.45) is 3.26. The van der Waals surface area contributed by atoms with Gasteiger partial charge < -0.3 is 5.11 Å². The highest BCUT2D eigenvalue weighted by Crippen LogP contribution is 2.54. The largest absolute Gasteiger partial charge is 0.385 e. The highest BCUT2D eigenvalue weighted by atomic mass is 16.3. The molecule has 1 fully saturated rings. The molecule has 0 radical (unpaired) electrons. The molecule has 1 saturated carbocycles. The highest BCUT2D eigenvalue weighted by Gasteiger charge is 2.52. The van der Waals surface area contributed by atoms with E-state index in [1.807, 2.05) is 0 Å². The fraction of sp³-hybridized carbons (Fsp3) is 0.538. The first kappa shape index (κ1) is 9.72. The van der Waals surface area contributed by atoms with Gasteiger partial charge in [0.15, 0.2) is 0 Å². The van der Waals surface area contributed by atoms with Gasteiger partial charge in [-0.2, -0.15) is 0 Å². The van der Waals surface area contributed by atoms with Gasteiger partial charge in [-0.3, -0.25) is 0 Å². The Bertz CT molecular complexity index is 315. The van der Waals surface area contributed by atoms with Crippen molar-refractivity contribution in [3.63, 3.8) is 0 Å². The molecule has 1 heteroatoms. The Morgan fingerprint density at radius 2 is 2.00 bits per heavy atom. The Morgan fingerprint density at radius 1 is 1.36 bits per heavy atom. The first-order valence-corrected chi connectivity index (χ1v) is 5.46. The van der Waals surface area contributed by atoms with E-state index >= 15 is 0 Å². The van der Waals surface area contributed by atoms with Crippen molar-refractivity contribution >= 4 is 0 Å². The molecule has 2 rings (SSSR count). The molecule has 1 aliphatic carbocycles. The smallest absolute Gasteiger partial charge is 0.0929 e. The summed E-state index contributed by atoms with van der Waals surface area (Å²) in [6.45, 7) is 4.25. The first-order chi connectivity index (χ1) is 6.66. The van der Waals surface area contributed by atoms with Gasteiger partial charge in [-0.05, 0) is 31.2 Å². The van der Waals surface area contributed by atoms with Crippen LogP contribution >= 0.6 is 0 Å². The summed E-state index contributed by atoms with van der Waals surface area (Å²) in [4.78, 5) is 0. The van der Waals surface area contributed by atoms with Gasteiger partial charge >= 0.3 is 0 Å². The molecule has 0 aliphatic heterocycles. The molecule has 1 aromatic rings. The van der Waals surface area contributed by atoms with Crippen LogP contribution in [0.25, 0.3) is 0 Å². The average molecular weight is 190 g/mol. The molecule has 2 atom stereocenters. The molecule has 14 heavy (non-hydrogen) atoms. The van der Waals surface area contributed by atoms with E-state index in [-0.39, 0.29) is 0 Å². The van der Waals surface area contributed by atoms with Crippen molar-refractivity contribution in [2.24, 2.45) is 5.92 Å². The second-order valence-electron chi connectivity index (χ2n) is 4.48. The normalized spacial score (nSPS) is 30.4. The van der Waals surface area contributed by atoms with Crippen LogP contribution in [0.15, 0.2) is 24.3 Å². The lowest BCUT2D eigenvalue weighted by Gasteiger charge is -2.10. The van der Waals surface area contributed by atoms with E-state index in [2.05, 4.69) is 38.1 Å². The number of aryl methyl sites for hydroxylation is 1. The Kier molecular flexibility index (Phi) is 2.36. The Hall–Kier alpha value is -0.820. The van der Waals surface area contributed by atoms with Gasteiger partial charge in [-0.25, -0.2) is 0 Å². The van der Waals surface area contributed by atoms with Gasteiger partial charge in [-0.1, -0.05) is 43.2 Å². The minimum atomic E-state index is -0.496. The molecule has 0 saturated heterocycles. The number of benzene rings is 1. The number of hydrogen-bond donors (Lipinski definition) is 1. The Morgan fingerprint density at radius 3 is 2.57 bits per heavy atom. The maximum absolute atomic E-state index is 10.3. The van der Waals surface area contributed by atoms with Gasteiger partial charge in [-0.15, -0.1) is 0 Å². The summed E-state index contributed by atoms with van der Waals surface area (Å²) in [5.41, 5.74) is 1.86. The van der Waals surface area contributed by atoms with Crippen LogP contribution < -0.4 is 0 Å². The minimum Gasteiger partial charge on any atom is -0.385 e. The molecule has 1 aliphatic rings. The van der Waals surface area contributed by atoms with E-state index in [9.17, 15) is 5.11 Å². The van der Waals surface area contributed by atoms with Crippen molar-refractivity contribution in [1.29, 1.82) is 0 Å². The maximum Gasteiger partial charge on any atom is 0.0929 e. The second kappa shape index (κ2) is 3.39. The molecular weight excluding hydrogens is 172 g/mol. The third kappa shape index (κ3) is 1.57. The third-order valence-electron chi connectivity index (χ3n) is 3.26. The van der Waals surface area contributed by atoms with E-state index in [0.717, 1.165) is 18.4 Å². The summed E-state index contributed by atoms with van der Waals surface area (Å²) >= 11 is 0. The molecule has 0 amide bonds. The third-order valence-corrected chi connectivity index (χ3v) is 3.26. The van der Waals surface area contributed by atoms with E-state index in [1.165, 1.54) is 12.0 Å². The van der Waals surface area contributed by atoms with E-state index < -0.39 is 5.60 Å². The zero-order chi connectivity index (χ0) is 10.2. The van der Waals surface area contributed by atoms with Crippen LogP contribution in [0, 0.1) is 12.8 Å². The highest BCUT2D eigenvalue weighted by molar-refractivity contribution is 5.31. The predicted molar refractivity (Wildman–Crippen MR) is 58.1 cm³/mol. The summed E-state index contributed by atoms with van der Waals surface area (Å²) in [5, 5.41) is 10.3. The molecule has 0 spiro atoms. The Balaban J connectivity index is 2.13. The van der Waals surface area contributed by atoms with Crippen LogP contribution in [0.4, 0.5) is 0 Å². The lowest BCUT2D eigenvalue weighted by Crippen LogP contribution is -2.08. The zero-order valence-electron chi connectivity index (χ0n) is 8.96. The molecule has 2 unspecified atom stereocenters. The lowest BCUT2D eigenvalue weighted by atomic mass is 10.0. The van der Waals surface area contributed by atoms with E-state index in [0.29, 0.717) is 5.92 Å². The molecule has 0 bridgehead atoms. The van der Waals surface area contributed by atoms with Crippen LogP contribution in [0.1, 0.15) is 37.3 Å². The van der Waals surface area contributed by atoms with Gasteiger partial charge in [0.05, 0.1) is 5.60 Å².